The first-order valence-electron chi connectivity index (χ1n) is 6.35. The number of hydrogen-bond acceptors (Lipinski definition) is 5. The Hall–Kier alpha value is -1.68. The number of hydrogen-bond donors (Lipinski definition) is 2. The Balaban J connectivity index is 2.43. The summed E-state index contributed by atoms with van der Waals surface area (Å²) in [5, 5.41) is 4.78. The molecule has 1 aromatic carbocycles. The maximum atomic E-state index is 11.8. The third kappa shape index (κ3) is 3.55. The molecule has 1 heterocycles. The largest absolute Gasteiger partial charge is 0.493 e. The normalized spacial score (nSPS) is 14.3. The Labute approximate surface area is 146 Å². The van der Waals surface area contributed by atoms with Crippen LogP contribution in [-0.2, 0) is 9.59 Å². The number of methoxy groups -OCH3 is 1. The summed E-state index contributed by atoms with van der Waals surface area (Å²) in [4.78, 5) is 23.7. The van der Waals surface area contributed by atoms with E-state index < -0.39 is 11.8 Å². The molecule has 116 valence electrons. The van der Waals surface area contributed by atoms with Gasteiger partial charge in [-0.05, 0) is 65.5 Å². The summed E-state index contributed by atoms with van der Waals surface area (Å²) in [6, 6.07) is 3.50. The first-order valence-corrected chi connectivity index (χ1v) is 7.83. The van der Waals surface area contributed by atoms with Gasteiger partial charge in [-0.2, -0.15) is 0 Å². The number of carbonyl (C=O) groups is 2. The van der Waals surface area contributed by atoms with E-state index in [1.54, 1.807) is 12.1 Å². The SMILES string of the molecule is CCOc1c(I)cc(C=C2C(=O)NC(=S)NC2=O)cc1OC. The van der Waals surface area contributed by atoms with Gasteiger partial charge in [-0.15, -0.1) is 0 Å². The van der Waals surface area contributed by atoms with Crippen LogP contribution < -0.4 is 20.1 Å². The molecular formula is C14H13IN2O4S. The Morgan fingerprint density at radius 3 is 2.45 bits per heavy atom. The molecule has 6 nitrogen and oxygen atoms in total. The minimum atomic E-state index is -0.531. The number of nitrogens with one attached hydrogen (secondary N) is 2. The number of rotatable bonds is 4. The third-order valence-electron chi connectivity index (χ3n) is 2.79. The molecule has 1 fully saturated rings. The molecule has 0 aliphatic carbocycles. The van der Waals surface area contributed by atoms with Crippen LogP contribution in [-0.4, -0.2) is 30.6 Å². The van der Waals surface area contributed by atoms with E-state index in [9.17, 15) is 9.59 Å². The van der Waals surface area contributed by atoms with Crippen molar-refractivity contribution in [3.8, 4) is 11.5 Å². The molecule has 0 unspecified atom stereocenters. The topological polar surface area (TPSA) is 76.7 Å². The Bertz CT molecular complexity index is 666. The molecule has 0 aromatic heterocycles. The van der Waals surface area contributed by atoms with Gasteiger partial charge in [0.2, 0.25) is 0 Å². The molecular weight excluding hydrogens is 419 g/mol. The highest BCUT2D eigenvalue weighted by molar-refractivity contribution is 14.1. The third-order valence-corrected chi connectivity index (χ3v) is 3.80. The van der Waals surface area contributed by atoms with Gasteiger partial charge in [0.15, 0.2) is 16.6 Å². The van der Waals surface area contributed by atoms with E-state index in [0.717, 1.165) is 3.57 Å². The lowest BCUT2D eigenvalue weighted by Crippen LogP contribution is -2.51. The van der Waals surface area contributed by atoms with E-state index in [2.05, 4.69) is 33.2 Å². The second-order valence-corrected chi connectivity index (χ2v) is 5.83. The summed E-state index contributed by atoms with van der Waals surface area (Å²) in [7, 11) is 1.53. The maximum Gasteiger partial charge on any atom is 0.263 e. The second kappa shape index (κ2) is 7.05. The van der Waals surface area contributed by atoms with Crippen LogP contribution in [0.3, 0.4) is 0 Å². The van der Waals surface area contributed by atoms with Crippen LogP contribution in [0.5, 0.6) is 11.5 Å². The summed E-state index contributed by atoms with van der Waals surface area (Å²) >= 11 is 6.87. The Morgan fingerprint density at radius 1 is 1.27 bits per heavy atom. The van der Waals surface area contributed by atoms with Crippen LogP contribution in [0.1, 0.15) is 12.5 Å². The fourth-order valence-corrected chi connectivity index (χ4v) is 2.85. The number of ether oxygens (including phenoxy) is 2. The Morgan fingerprint density at radius 2 is 1.91 bits per heavy atom. The van der Waals surface area contributed by atoms with E-state index in [0.29, 0.717) is 23.7 Å². The summed E-state index contributed by atoms with van der Waals surface area (Å²) < 4.78 is 11.6. The fraction of sp³-hybridized carbons (Fsp3) is 0.214. The molecule has 22 heavy (non-hydrogen) atoms. The minimum Gasteiger partial charge on any atom is -0.493 e. The molecule has 0 atom stereocenters. The van der Waals surface area contributed by atoms with Crippen molar-refractivity contribution >= 4 is 57.8 Å². The van der Waals surface area contributed by atoms with Gasteiger partial charge in [0.25, 0.3) is 11.8 Å². The molecule has 8 heteroatoms. The first-order chi connectivity index (χ1) is 10.5. The average Bonchev–Trinajstić information content (AvgIpc) is 2.45. The van der Waals surface area contributed by atoms with Crippen molar-refractivity contribution in [1.29, 1.82) is 0 Å². The smallest absolute Gasteiger partial charge is 0.263 e. The van der Waals surface area contributed by atoms with Gasteiger partial charge in [0.05, 0.1) is 17.3 Å². The highest BCUT2D eigenvalue weighted by Crippen LogP contribution is 2.34. The van der Waals surface area contributed by atoms with Crippen molar-refractivity contribution in [1.82, 2.24) is 10.6 Å². The number of carbonyl (C=O) groups excluding carboxylic acids is 2. The predicted molar refractivity (Wildman–Crippen MR) is 93.7 cm³/mol. The molecule has 2 N–H and O–H groups in total. The summed E-state index contributed by atoms with van der Waals surface area (Å²) in [6.45, 7) is 2.39. The van der Waals surface area contributed by atoms with Crippen molar-refractivity contribution in [3.05, 3.63) is 26.8 Å². The number of halogens is 1. The van der Waals surface area contributed by atoms with Crippen LogP contribution >= 0.6 is 34.8 Å². The molecule has 0 saturated carbocycles. The van der Waals surface area contributed by atoms with Gasteiger partial charge in [0.1, 0.15) is 5.57 Å². The van der Waals surface area contributed by atoms with E-state index in [1.807, 2.05) is 6.92 Å². The van der Waals surface area contributed by atoms with E-state index in [-0.39, 0.29) is 10.7 Å². The zero-order valence-electron chi connectivity index (χ0n) is 11.9. The van der Waals surface area contributed by atoms with Gasteiger partial charge in [0, 0.05) is 0 Å². The lowest BCUT2D eigenvalue weighted by Gasteiger charge is -2.17. The van der Waals surface area contributed by atoms with Gasteiger partial charge in [-0.25, -0.2) is 0 Å². The summed E-state index contributed by atoms with van der Waals surface area (Å²) in [5.74, 6) is 0.104. The first kappa shape index (κ1) is 16.7. The van der Waals surface area contributed by atoms with Crippen molar-refractivity contribution < 1.29 is 19.1 Å². The van der Waals surface area contributed by atoms with E-state index in [1.165, 1.54) is 13.2 Å². The maximum absolute atomic E-state index is 11.8. The highest BCUT2D eigenvalue weighted by Gasteiger charge is 2.25. The quantitative estimate of drug-likeness (QED) is 0.327. The number of benzene rings is 1. The van der Waals surface area contributed by atoms with Gasteiger partial charge >= 0.3 is 0 Å². The molecule has 1 saturated heterocycles. The number of amides is 2. The molecule has 1 aromatic rings. The molecule has 1 aliphatic heterocycles. The van der Waals surface area contributed by atoms with Crippen LogP contribution in [0.2, 0.25) is 0 Å². The van der Waals surface area contributed by atoms with Crippen LogP contribution in [0.15, 0.2) is 17.7 Å². The number of thiocarbonyl (C=S) groups is 1. The molecule has 0 spiro atoms. The zero-order valence-corrected chi connectivity index (χ0v) is 14.8. The molecule has 2 amide bonds. The van der Waals surface area contributed by atoms with Gasteiger partial charge < -0.3 is 9.47 Å². The molecule has 0 bridgehead atoms. The summed E-state index contributed by atoms with van der Waals surface area (Å²) in [6.07, 6.45) is 1.48. The van der Waals surface area contributed by atoms with Crippen molar-refractivity contribution in [2.24, 2.45) is 0 Å². The fourth-order valence-electron chi connectivity index (χ4n) is 1.88. The molecule has 2 rings (SSSR count). The van der Waals surface area contributed by atoms with E-state index >= 15 is 0 Å². The minimum absolute atomic E-state index is 0.00556. The van der Waals surface area contributed by atoms with Gasteiger partial charge in [-0.1, -0.05) is 0 Å². The standard InChI is InChI=1S/C14H13IN2O4S/c1-3-21-11-9(15)5-7(6-10(11)20-2)4-8-12(18)16-14(22)17-13(8)19/h4-6H,3H2,1-2H3,(H2,16,17,18,19,22). The van der Waals surface area contributed by atoms with Crippen LogP contribution in [0.4, 0.5) is 0 Å². The lowest BCUT2D eigenvalue weighted by atomic mass is 10.1. The predicted octanol–water partition coefficient (Wildman–Crippen LogP) is 1.61. The van der Waals surface area contributed by atoms with Crippen molar-refractivity contribution in [3.63, 3.8) is 0 Å². The average molecular weight is 432 g/mol. The Kier molecular flexibility index (Phi) is 5.35. The summed E-state index contributed by atoms with van der Waals surface area (Å²) in [5.41, 5.74) is 0.633. The molecule has 0 radical (unpaired) electrons. The van der Waals surface area contributed by atoms with Crippen molar-refractivity contribution in [2.75, 3.05) is 13.7 Å². The second-order valence-electron chi connectivity index (χ2n) is 4.26. The van der Waals surface area contributed by atoms with Crippen LogP contribution in [0, 0.1) is 3.57 Å². The van der Waals surface area contributed by atoms with Crippen molar-refractivity contribution in [2.45, 2.75) is 6.92 Å². The highest BCUT2D eigenvalue weighted by atomic mass is 127. The zero-order chi connectivity index (χ0) is 16.3. The van der Waals surface area contributed by atoms with E-state index in [4.69, 9.17) is 21.7 Å². The van der Waals surface area contributed by atoms with Gasteiger partial charge in [-0.3, -0.25) is 20.2 Å². The van der Waals surface area contributed by atoms with Crippen LogP contribution in [0.25, 0.3) is 6.08 Å². The molecule has 1 aliphatic rings. The monoisotopic (exact) mass is 432 g/mol. The lowest BCUT2D eigenvalue weighted by molar-refractivity contribution is -0.123.